The van der Waals surface area contributed by atoms with E-state index in [1.165, 1.54) is 0 Å². The fraction of sp³-hybridized carbons (Fsp3) is 0.182. The van der Waals surface area contributed by atoms with Gasteiger partial charge in [-0.05, 0) is 43.7 Å². The average molecular weight is 361 g/mol. The van der Waals surface area contributed by atoms with Crippen LogP contribution in [0.5, 0.6) is 5.75 Å². The van der Waals surface area contributed by atoms with Gasteiger partial charge < -0.3 is 15.4 Å². The standard InChI is InChI=1S/C22H23N3O2/c1-16(2)27-20-11-7-6-10-19(20)25-21-14-18(12-13-23-21)22(26)24-15-17-8-4-3-5-9-17/h3-14,16H,15H2,1-2H3,(H,23,25)(H,24,26). The van der Waals surface area contributed by atoms with Crippen LogP contribution in [0, 0.1) is 0 Å². The molecule has 0 saturated heterocycles. The summed E-state index contributed by atoms with van der Waals surface area (Å²) < 4.78 is 5.81. The summed E-state index contributed by atoms with van der Waals surface area (Å²) in [6.45, 7) is 4.44. The summed E-state index contributed by atoms with van der Waals surface area (Å²) in [5.41, 5.74) is 2.41. The highest BCUT2D eigenvalue weighted by molar-refractivity contribution is 5.94. The molecule has 0 fully saturated rings. The van der Waals surface area contributed by atoms with E-state index in [2.05, 4.69) is 15.6 Å². The lowest BCUT2D eigenvalue weighted by Crippen LogP contribution is -2.22. The summed E-state index contributed by atoms with van der Waals surface area (Å²) in [4.78, 5) is 16.8. The van der Waals surface area contributed by atoms with Crippen molar-refractivity contribution in [2.24, 2.45) is 0 Å². The Kier molecular flexibility index (Phi) is 6.05. The third kappa shape index (κ3) is 5.31. The van der Waals surface area contributed by atoms with Crippen LogP contribution in [0.4, 0.5) is 11.5 Å². The number of pyridine rings is 1. The molecule has 0 aliphatic carbocycles. The van der Waals surface area contributed by atoms with Crippen LogP contribution >= 0.6 is 0 Å². The minimum absolute atomic E-state index is 0.0657. The van der Waals surface area contributed by atoms with Gasteiger partial charge >= 0.3 is 0 Å². The monoisotopic (exact) mass is 361 g/mol. The fourth-order valence-corrected chi connectivity index (χ4v) is 2.58. The first kappa shape index (κ1) is 18.5. The van der Waals surface area contributed by atoms with Gasteiger partial charge in [0.15, 0.2) is 0 Å². The second-order valence-corrected chi connectivity index (χ2v) is 6.39. The molecule has 2 aromatic carbocycles. The maximum Gasteiger partial charge on any atom is 0.251 e. The van der Waals surface area contributed by atoms with E-state index in [1.54, 1.807) is 18.3 Å². The highest BCUT2D eigenvalue weighted by atomic mass is 16.5. The van der Waals surface area contributed by atoms with E-state index in [-0.39, 0.29) is 12.0 Å². The Balaban J connectivity index is 1.69. The average Bonchev–Trinajstić information content (AvgIpc) is 2.68. The number of para-hydroxylation sites is 2. The van der Waals surface area contributed by atoms with E-state index in [0.29, 0.717) is 17.9 Å². The number of anilines is 2. The highest BCUT2D eigenvalue weighted by Gasteiger charge is 2.09. The molecule has 0 unspecified atom stereocenters. The number of carbonyl (C=O) groups is 1. The molecular formula is C22H23N3O2. The van der Waals surface area contributed by atoms with Crippen LogP contribution < -0.4 is 15.4 Å². The zero-order valence-electron chi connectivity index (χ0n) is 15.5. The number of rotatable bonds is 7. The normalized spacial score (nSPS) is 10.5. The third-order valence-electron chi connectivity index (χ3n) is 3.83. The molecule has 5 heteroatoms. The van der Waals surface area contributed by atoms with Crippen LogP contribution in [-0.4, -0.2) is 17.0 Å². The predicted octanol–water partition coefficient (Wildman–Crippen LogP) is 4.54. The first-order valence-corrected chi connectivity index (χ1v) is 8.92. The largest absolute Gasteiger partial charge is 0.489 e. The smallest absolute Gasteiger partial charge is 0.251 e. The van der Waals surface area contributed by atoms with Crippen molar-refractivity contribution >= 4 is 17.4 Å². The zero-order chi connectivity index (χ0) is 19.1. The third-order valence-corrected chi connectivity index (χ3v) is 3.83. The van der Waals surface area contributed by atoms with Crippen LogP contribution in [-0.2, 0) is 6.54 Å². The highest BCUT2D eigenvalue weighted by Crippen LogP contribution is 2.27. The lowest BCUT2D eigenvalue weighted by Gasteiger charge is -2.15. The Hall–Kier alpha value is -3.34. The number of ether oxygens (including phenoxy) is 1. The summed E-state index contributed by atoms with van der Waals surface area (Å²) in [5.74, 6) is 1.19. The predicted molar refractivity (Wildman–Crippen MR) is 107 cm³/mol. The Morgan fingerprint density at radius 3 is 2.56 bits per heavy atom. The van der Waals surface area contributed by atoms with Gasteiger partial charge in [-0.25, -0.2) is 4.98 Å². The fourth-order valence-electron chi connectivity index (χ4n) is 2.58. The number of hydrogen-bond donors (Lipinski definition) is 2. The van der Waals surface area contributed by atoms with Gasteiger partial charge in [-0.1, -0.05) is 42.5 Å². The molecule has 0 aliphatic rings. The maximum atomic E-state index is 12.4. The van der Waals surface area contributed by atoms with E-state index >= 15 is 0 Å². The van der Waals surface area contributed by atoms with Gasteiger partial charge in [0.2, 0.25) is 0 Å². The minimum Gasteiger partial charge on any atom is -0.489 e. The molecule has 27 heavy (non-hydrogen) atoms. The van der Waals surface area contributed by atoms with Crippen molar-refractivity contribution in [1.29, 1.82) is 0 Å². The topological polar surface area (TPSA) is 63.2 Å². The van der Waals surface area contributed by atoms with Crippen LogP contribution in [0.1, 0.15) is 29.8 Å². The van der Waals surface area contributed by atoms with Crippen LogP contribution in [0.15, 0.2) is 72.9 Å². The van der Waals surface area contributed by atoms with Gasteiger partial charge in [0, 0.05) is 18.3 Å². The van der Waals surface area contributed by atoms with Crippen LogP contribution in [0.2, 0.25) is 0 Å². The second-order valence-electron chi connectivity index (χ2n) is 6.39. The molecule has 0 bridgehead atoms. The molecule has 2 N–H and O–H groups in total. The molecule has 1 heterocycles. The van der Waals surface area contributed by atoms with E-state index < -0.39 is 0 Å². The number of aromatic nitrogens is 1. The summed E-state index contributed by atoms with van der Waals surface area (Å²) in [6, 6.07) is 20.9. The second kappa shape index (κ2) is 8.85. The maximum absolute atomic E-state index is 12.4. The van der Waals surface area contributed by atoms with Crippen molar-refractivity contribution in [3.05, 3.63) is 84.1 Å². The molecule has 0 spiro atoms. The van der Waals surface area contributed by atoms with E-state index in [0.717, 1.165) is 17.0 Å². The van der Waals surface area contributed by atoms with E-state index in [1.807, 2.05) is 68.4 Å². The van der Waals surface area contributed by atoms with Crippen molar-refractivity contribution in [3.8, 4) is 5.75 Å². The molecule has 0 saturated carbocycles. The van der Waals surface area contributed by atoms with Gasteiger partial charge in [0.05, 0.1) is 11.8 Å². The van der Waals surface area contributed by atoms with Gasteiger partial charge in [0.1, 0.15) is 11.6 Å². The first-order valence-electron chi connectivity index (χ1n) is 8.92. The molecule has 0 radical (unpaired) electrons. The van der Waals surface area contributed by atoms with Crippen molar-refractivity contribution in [3.63, 3.8) is 0 Å². The molecule has 0 aliphatic heterocycles. The Labute approximate surface area is 159 Å². The van der Waals surface area contributed by atoms with Crippen molar-refractivity contribution in [1.82, 2.24) is 10.3 Å². The van der Waals surface area contributed by atoms with E-state index in [9.17, 15) is 4.79 Å². The van der Waals surface area contributed by atoms with Gasteiger partial charge in [-0.2, -0.15) is 0 Å². The lowest BCUT2D eigenvalue weighted by molar-refractivity contribution is 0.0951. The van der Waals surface area contributed by atoms with Crippen molar-refractivity contribution in [2.45, 2.75) is 26.5 Å². The molecule has 5 nitrogen and oxygen atoms in total. The number of benzene rings is 2. The Morgan fingerprint density at radius 2 is 1.78 bits per heavy atom. The SMILES string of the molecule is CC(C)Oc1ccccc1Nc1cc(C(=O)NCc2ccccc2)ccn1. The molecule has 1 amide bonds. The van der Waals surface area contributed by atoms with Crippen molar-refractivity contribution in [2.75, 3.05) is 5.32 Å². The zero-order valence-corrected chi connectivity index (χ0v) is 15.5. The molecule has 3 rings (SSSR count). The first-order chi connectivity index (χ1) is 13.1. The van der Waals surface area contributed by atoms with E-state index in [4.69, 9.17) is 4.74 Å². The number of carbonyl (C=O) groups excluding carboxylic acids is 1. The minimum atomic E-state index is -0.143. The number of hydrogen-bond acceptors (Lipinski definition) is 4. The summed E-state index contributed by atoms with van der Waals surface area (Å²) in [6.07, 6.45) is 1.68. The summed E-state index contributed by atoms with van der Waals surface area (Å²) in [7, 11) is 0. The van der Waals surface area contributed by atoms with Crippen molar-refractivity contribution < 1.29 is 9.53 Å². The van der Waals surface area contributed by atoms with Crippen LogP contribution in [0.3, 0.4) is 0 Å². The van der Waals surface area contributed by atoms with Gasteiger partial charge in [-0.15, -0.1) is 0 Å². The molecule has 0 atom stereocenters. The Morgan fingerprint density at radius 1 is 1.04 bits per heavy atom. The molecule has 138 valence electrons. The summed E-state index contributed by atoms with van der Waals surface area (Å²) >= 11 is 0. The van der Waals surface area contributed by atoms with Crippen LogP contribution in [0.25, 0.3) is 0 Å². The molecule has 3 aromatic rings. The lowest BCUT2D eigenvalue weighted by atomic mass is 10.2. The number of nitrogens with one attached hydrogen (secondary N) is 2. The van der Waals surface area contributed by atoms with Gasteiger partial charge in [-0.3, -0.25) is 4.79 Å². The molecular weight excluding hydrogens is 338 g/mol. The Bertz CT molecular complexity index is 895. The number of amides is 1. The van der Waals surface area contributed by atoms with Gasteiger partial charge in [0.25, 0.3) is 5.91 Å². The molecule has 1 aromatic heterocycles. The summed E-state index contributed by atoms with van der Waals surface area (Å²) in [5, 5.41) is 6.16. The quantitative estimate of drug-likeness (QED) is 0.648. The number of nitrogens with zero attached hydrogens (tertiary/aromatic N) is 1.